The van der Waals surface area contributed by atoms with Gasteiger partial charge in [-0.1, -0.05) is 20.8 Å². The van der Waals surface area contributed by atoms with Gasteiger partial charge >= 0.3 is 0 Å². The Kier molecular flexibility index (Phi) is 6.46. The van der Waals surface area contributed by atoms with Gasteiger partial charge in [-0.05, 0) is 5.41 Å². The molecule has 4 nitrogen and oxygen atoms in total. The van der Waals surface area contributed by atoms with Gasteiger partial charge in [0.1, 0.15) is 0 Å². The van der Waals surface area contributed by atoms with Crippen LogP contribution in [0.3, 0.4) is 0 Å². The van der Waals surface area contributed by atoms with Gasteiger partial charge in [0.25, 0.3) is 0 Å². The van der Waals surface area contributed by atoms with E-state index >= 15 is 0 Å². The van der Waals surface area contributed by atoms with E-state index in [4.69, 9.17) is 4.74 Å². The second-order valence-corrected chi connectivity index (χ2v) is 6.97. The third kappa shape index (κ3) is 5.59. The summed E-state index contributed by atoms with van der Waals surface area (Å²) < 4.78 is 5.42. The number of amides is 1. The van der Waals surface area contributed by atoms with Crippen LogP contribution in [0.1, 0.15) is 27.2 Å². The number of carbonyl (C=O) groups is 1. The average molecular weight is 274 g/mol. The van der Waals surface area contributed by atoms with E-state index in [9.17, 15) is 4.79 Å². The molecule has 1 aliphatic rings. The molecule has 18 heavy (non-hydrogen) atoms. The summed E-state index contributed by atoms with van der Waals surface area (Å²) in [7, 11) is 1.70. The summed E-state index contributed by atoms with van der Waals surface area (Å²) in [6, 6.07) is 0.319. The Balaban J connectivity index is 2.27. The fourth-order valence-electron chi connectivity index (χ4n) is 2.00. The maximum Gasteiger partial charge on any atom is 0.221 e. The molecule has 5 heteroatoms. The Morgan fingerprint density at radius 1 is 1.56 bits per heavy atom. The normalized spacial score (nSPS) is 22.6. The van der Waals surface area contributed by atoms with Crippen LogP contribution in [0.5, 0.6) is 0 Å². The van der Waals surface area contributed by atoms with Gasteiger partial charge in [-0.15, -0.1) is 0 Å². The van der Waals surface area contributed by atoms with Crippen molar-refractivity contribution in [1.82, 2.24) is 10.6 Å². The molecule has 1 amide bonds. The van der Waals surface area contributed by atoms with Gasteiger partial charge in [0.15, 0.2) is 0 Å². The molecule has 2 unspecified atom stereocenters. The highest BCUT2D eigenvalue weighted by Crippen LogP contribution is 2.21. The quantitative estimate of drug-likeness (QED) is 0.792. The predicted octanol–water partition coefficient (Wildman–Crippen LogP) is 1.26. The van der Waals surface area contributed by atoms with Crippen molar-refractivity contribution in [2.75, 3.05) is 31.7 Å². The van der Waals surface area contributed by atoms with Gasteiger partial charge in [-0.25, -0.2) is 0 Å². The van der Waals surface area contributed by atoms with Crippen molar-refractivity contribution in [3.8, 4) is 0 Å². The minimum absolute atomic E-state index is 0.0426. The molecule has 0 aromatic heterocycles. The largest absolute Gasteiger partial charge is 0.379 e. The van der Waals surface area contributed by atoms with Crippen LogP contribution in [-0.4, -0.2) is 49.8 Å². The van der Waals surface area contributed by atoms with Crippen molar-refractivity contribution in [3.63, 3.8) is 0 Å². The first-order valence-electron chi connectivity index (χ1n) is 6.54. The summed E-state index contributed by atoms with van der Waals surface area (Å²) in [4.78, 5) is 11.8. The standard InChI is InChI=1S/C13H26N2O2S/c1-13(2,3)11(17-4)8-15-12(16)7-10-9-18-6-5-14-10/h10-11,14H,5-9H2,1-4H3,(H,15,16). The molecule has 0 aromatic rings. The summed E-state index contributed by atoms with van der Waals surface area (Å²) >= 11 is 1.91. The fourth-order valence-corrected chi connectivity index (χ4v) is 2.95. The maximum atomic E-state index is 11.8. The number of rotatable bonds is 5. The highest BCUT2D eigenvalue weighted by Gasteiger charge is 2.25. The van der Waals surface area contributed by atoms with Crippen LogP contribution in [0.25, 0.3) is 0 Å². The highest BCUT2D eigenvalue weighted by molar-refractivity contribution is 7.99. The Labute approximate surface area is 115 Å². The lowest BCUT2D eigenvalue weighted by atomic mass is 9.89. The molecule has 0 aliphatic carbocycles. The van der Waals surface area contributed by atoms with Crippen LogP contribution in [0.2, 0.25) is 0 Å². The van der Waals surface area contributed by atoms with E-state index in [2.05, 4.69) is 31.4 Å². The lowest BCUT2D eigenvalue weighted by Gasteiger charge is -2.30. The van der Waals surface area contributed by atoms with Crippen LogP contribution < -0.4 is 10.6 Å². The first kappa shape index (κ1) is 15.8. The topological polar surface area (TPSA) is 50.4 Å². The molecule has 0 bridgehead atoms. The van der Waals surface area contributed by atoms with Crippen molar-refractivity contribution in [3.05, 3.63) is 0 Å². The maximum absolute atomic E-state index is 11.8. The minimum Gasteiger partial charge on any atom is -0.379 e. The van der Waals surface area contributed by atoms with Gasteiger partial charge in [0, 0.05) is 44.2 Å². The van der Waals surface area contributed by atoms with E-state index in [1.165, 1.54) is 0 Å². The van der Waals surface area contributed by atoms with Crippen molar-refractivity contribution >= 4 is 17.7 Å². The number of ether oxygens (including phenoxy) is 1. The average Bonchev–Trinajstić information content (AvgIpc) is 2.29. The van der Waals surface area contributed by atoms with Gasteiger partial charge in [0.05, 0.1) is 6.10 Å². The van der Waals surface area contributed by atoms with E-state index in [0.29, 0.717) is 19.0 Å². The summed E-state index contributed by atoms with van der Waals surface area (Å²) in [6.07, 6.45) is 0.614. The first-order chi connectivity index (χ1) is 8.43. The molecule has 106 valence electrons. The second-order valence-electron chi connectivity index (χ2n) is 5.82. The highest BCUT2D eigenvalue weighted by atomic mass is 32.2. The minimum atomic E-state index is 0.0426. The van der Waals surface area contributed by atoms with Gasteiger partial charge in [0.2, 0.25) is 5.91 Å². The van der Waals surface area contributed by atoms with Crippen molar-refractivity contribution < 1.29 is 9.53 Å². The summed E-state index contributed by atoms with van der Waals surface area (Å²) in [5.41, 5.74) is 0.0426. The Bertz CT molecular complexity index is 260. The van der Waals surface area contributed by atoms with E-state index in [-0.39, 0.29) is 17.4 Å². The molecule has 1 rings (SSSR count). The smallest absolute Gasteiger partial charge is 0.221 e. The molecule has 0 aromatic carbocycles. The molecule has 2 N–H and O–H groups in total. The van der Waals surface area contributed by atoms with Crippen LogP contribution in [0.15, 0.2) is 0 Å². The van der Waals surface area contributed by atoms with Crippen molar-refractivity contribution in [2.24, 2.45) is 5.41 Å². The summed E-state index contributed by atoms with van der Waals surface area (Å²) in [5.74, 6) is 2.29. The van der Waals surface area contributed by atoms with E-state index in [0.717, 1.165) is 18.1 Å². The SMILES string of the molecule is COC(CNC(=O)CC1CSCCN1)C(C)(C)C. The van der Waals surface area contributed by atoms with E-state index in [1.807, 2.05) is 11.8 Å². The first-order valence-corrected chi connectivity index (χ1v) is 7.69. The molecule has 0 saturated carbocycles. The zero-order chi connectivity index (χ0) is 13.6. The molecule has 1 heterocycles. The van der Waals surface area contributed by atoms with Gasteiger partial charge < -0.3 is 15.4 Å². The zero-order valence-corrected chi connectivity index (χ0v) is 12.7. The molecule has 1 saturated heterocycles. The number of methoxy groups -OCH3 is 1. The monoisotopic (exact) mass is 274 g/mol. The van der Waals surface area contributed by atoms with Crippen LogP contribution in [0.4, 0.5) is 0 Å². The molecule has 0 spiro atoms. The van der Waals surface area contributed by atoms with E-state index < -0.39 is 0 Å². The third-order valence-corrected chi connectivity index (χ3v) is 4.30. The molecule has 2 atom stereocenters. The number of thioether (sulfide) groups is 1. The van der Waals surface area contributed by atoms with Crippen molar-refractivity contribution in [1.29, 1.82) is 0 Å². The Hall–Kier alpha value is -0.260. The lowest BCUT2D eigenvalue weighted by Crippen LogP contribution is -2.44. The van der Waals surface area contributed by atoms with Crippen LogP contribution in [-0.2, 0) is 9.53 Å². The Morgan fingerprint density at radius 2 is 2.28 bits per heavy atom. The number of hydrogen-bond donors (Lipinski definition) is 2. The van der Waals surface area contributed by atoms with Gasteiger partial charge in [-0.3, -0.25) is 4.79 Å². The summed E-state index contributed by atoms with van der Waals surface area (Å²) in [5, 5.41) is 6.34. The lowest BCUT2D eigenvalue weighted by molar-refractivity contribution is -0.122. The van der Waals surface area contributed by atoms with Crippen LogP contribution in [0, 0.1) is 5.41 Å². The molecule has 1 aliphatic heterocycles. The molecular formula is C13H26N2O2S. The number of carbonyl (C=O) groups excluding carboxylic acids is 1. The predicted molar refractivity (Wildman–Crippen MR) is 77.0 cm³/mol. The second kappa shape index (κ2) is 7.36. The zero-order valence-electron chi connectivity index (χ0n) is 11.9. The van der Waals surface area contributed by atoms with Crippen LogP contribution >= 0.6 is 11.8 Å². The molecule has 0 radical (unpaired) electrons. The summed E-state index contributed by atoms with van der Waals surface area (Å²) in [6.45, 7) is 7.94. The molecular weight excluding hydrogens is 248 g/mol. The fraction of sp³-hybridized carbons (Fsp3) is 0.923. The third-order valence-electron chi connectivity index (χ3n) is 3.17. The Morgan fingerprint density at radius 3 is 2.78 bits per heavy atom. The number of nitrogens with one attached hydrogen (secondary N) is 2. The molecule has 1 fully saturated rings. The van der Waals surface area contributed by atoms with Gasteiger partial charge in [-0.2, -0.15) is 11.8 Å². The van der Waals surface area contributed by atoms with Crippen molar-refractivity contribution in [2.45, 2.75) is 39.3 Å². The number of hydrogen-bond acceptors (Lipinski definition) is 4. The van der Waals surface area contributed by atoms with E-state index in [1.54, 1.807) is 7.11 Å².